The quantitative estimate of drug-likeness (QED) is 0.146. The van der Waals surface area contributed by atoms with Crippen molar-refractivity contribution in [3.63, 3.8) is 0 Å². The Morgan fingerprint density at radius 2 is 1.88 bits per heavy atom. The maximum absolute atomic E-state index is 15.9. The van der Waals surface area contributed by atoms with E-state index in [-0.39, 0.29) is 45.5 Å². The first-order chi connectivity index (χ1) is 24.5. The van der Waals surface area contributed by atoms with E-state index >= 15 is 13.2 Å². The molecule has 0 spiro atoms. The molecule has 1 unspecified atom stereocenters. The number of hydrogen-bond donors (Lipinski definition) is 1. The van der Waals surface area contributed by atoms with Crippen molar-refractivity contribution in [2.45, 2.75) is 75.0 Å². The average Bonchev–Trinajstić information content (AvgIpc) is 3.74. The molecule has 0 aliphatic carbocycles. The second-order valence-corrected chi connectivity index (χ2v) is 18.8. The summed E-state index contributed by atoms with van der Waals surface area (Å²) in [6.07, 6.45) is 4.35. The van der Waals surface area contributed by atoms with Crippen LogP contribution in [0, 0.1) is 28.8 Å². The molecule has 3 atom stereocenters. The Bertz CT molecular complexity index is 2260. The molecule has 0 fully saturated rings. The molecule has 276 valence electrons. The fraction of sp³-hybridized carbons (Fsp3) is 0.400. The van der Waals surface area contributed by atoms with Crippen molar-refractivity contribution in [2.75, 3.05) is 18.6 Å². The number of benzene rings is 3. The number of carbonyl (C=O) groups is 1. The van der Waals surface area contributed by atoms with Gasteiger partial charge in [0.2, 0.25) is 0 Å². The first kappa shape index (κ1) is 37.7. The van der Waals surface area contributed by atoms with Gasteiger partial charge in [-0.1, -0.05) is 63.2 Å². The zero-order valence-corrected chi connectivity index (χ0v) is 32.1. The molecular formula is C40H45F3N4O3S2. The van der Waals surface area contributed by atoms with E-state index in [4.69, 9.17) is 14.8 Å². The predicted octanol–water partition coefficient (Wildman–Crippen LogP) is 8.66. The van der Waals surface area contributed by atoms with Crippen LogP contribution in [0.2, 0.25) is 0 Å². The second kappa shape index (κ2) is 14.4. The summed E-state index contributed by atoms with van der Waals surface area (Å²) in [7, 11) is 0.448. The number of nitrogens with one attached hydrogen (secondary N) is 1. The lowest BCUT2D eigenvalue weighted by Crippen LogP contribution is -2.29. The van der Waals surface area contributed by atoms with Crippen molar-refractivity contribution in [1.29, 1.82) is 0 Å². The summed E-state index contributed by atoms with van der Waals surface area (Å²) in [5.41, 5.74) is 1.57. The molecule has 3 heterocycles. The van der Waals surface area contributed by atoms with Gasteiger partial charge in [-0.25, -0.2) is 22.8 Å². The highest BCUT2D eigenvalue weighted by atomic mass is 32.2. The first-order valence-corrected chi connectivity index (χ1v) is 20.3. The Morgan fingerprint density at radius 1 is 1.12 bits per heavy atom. The average molecular weight is 751 g/mol. The zero-order valence-electron chi connectivity index (χ0n) is 30.4. The molecule has 1 aliphatic rings. The number of aromatic nitrogens is 4. The van der Waals surface area contributed by atoms with E-state index in [2.05, 4.69) is 37.7 Å². The van der Waals surface area contributed by atoms with Crippen LogP contribution >= 0.6 is 11.8 Å². The normalized spacial score (nSPS) is 21.6. The molecule has 7 nitrogen and oxygen atoms in total. The SMILES string of the molecule is C=S1(=O)CCc2c(c(F)c(F)c3[nH]ccc23)Sc2ccc(F)c(c2)-c2nc(nn2C)[C@@](C)(c2cccc(C[C@H](C)C(=O)OC)c2)CCCC(C)(C)C1. The Balaban J connectivity index is 1.50. The number of aromatic amines is 1. The zero-order chi connectivity index (χ0) is 37.6. The number of fused-ring (bicyclic) bond motifs is 8. The Hall–Kier alpha value is -4.03. The van der Waals surface area contributed by atoms with E-state index in [1.807, 2.05) is 25.1 Å². The molecule has 3 aromatic carbocycles. The lowest BCUT2D eigenvalue weighted by molar-refractivity contribution is -0.144. The molecule has 52 heavy (non-hydrogen) atoms. The number of esters is 1. The molecule has 2 aromatic heterocycles. The van der Waals surface area contributed by atoms with E-state index in [0.29, 0.717) is 46.1 Å². The highest BCUT2D eigenvalue weighted by Crippen LogP contribution is 2.42. The minimum atomic E-state index is -2.64. The number of aryl methyl sites for hydroxylation is 2. The largest absolute Gasteiger partial charge is 0.469 e. The third kappa shape index (κ3) is 7.55. The fourth-order valence-corrected chi connectivity index (χ4v) is 10.8. The molecule has 4 bridgehead atoms. The van der Waals surface area contributed by atoms with E-state index in [9.17, 15) is 9.00 Å². The molecule has 1 N–H and O–H groups in total. The minimum absolute atomic E-state index is 0.0489. The second-order valence-electron chi connectivity index (χ2n) is 15.1. The summed E-state index contributed by atoms with van der Waals surface area (Å²) in [6.45, 7) is 8.07. The number of rotatable bonds is 4. The Labute approximate surface area is 307 Å². The van der Waals surface area contributed by atoms with Gasteiger partial charge in [-0.2, -0.15) is 5.10 Å². The number of ether oxygens (including phenoxy) is 1. The van der Waals surface area contributed by atoms with Gasteiger partial charge in [-0.3, -0.25) is 9.00 Å². The van der Waals surface area contributed by atoms with E-state index < -0.39 is 32.4 Å². The molecule has 1 aliphatic heterocycles. The molecule has 0 saturated heterocycles. The number of hydrogen-bond acceptors (Lipinski definition) is 6. The fourth-order valence-electron chi connectivity index (χ4n) is 7.46. The van der Waals surface area contributed by atoms with Crippen LogP contribution in [0.4, 0.5) is 13.2 Å². The van der Waals surface area contributed by atoms with Crippen molar-refractivity contribution >= 4 is 44.0 Å². The molecule has 0 saturated carbocycles. The van der Waals surface area contributed by atoms with Crippen LogP contribution < -0.4 is 0 Å². The van der Waals surface area contributed by atoms with Crippen LogP contribution in [0.5, 0.6) is 0 Å². The third-order valence-electron chi connectivity index (χ3n) is 10.2. The van der Waals surface area contributed by atoms with Gasteiger partial charge in [0.05, 0.1) is 34.4 Å². The molecule has 0 radical (unpaired) electrons. The van der Waals surface area contributed by atoms with Crippen LogP contribution in [0.3, 0.4) is 0 Å². The van der Waals surface area contributed by atoms with Gasteiger partial charge in [0.15, 0.2) is 23.3 Å². The summed E-state index contributed by atoms with van der Waals surface area (Å²) >= 11 is 0.996. The van der Waals surface area contributed by atoms with Gasteiger partial charge in [0.25, 0.3) is 0 Å². The number of H-pyrrole nitrogens is 1. The van der Waals surface area contributed by atoms with Crippen molar-refractivity contribution in [3.05, 3.63) is 94.7 Å². The lowest BCUT2D eigenvalue weighted by Gasteiger charge is -2.31. The van der Waals surface area contributed by atoms with E-state index in [0.717, 1.165) is 35.7 Å². The van der Waals surface area contributed by atoms with Gasteiger partial charge >= 0.3 is 5.97 Å². The monoisotopic (exact) mass is 750 g/mol. The van der Waals surface area contributed by atoms with Gasteiger partial charge in [0, 0.05) is 35.0 Å². The summed E-state index contributed by atoms with van der Waals surface area (Å²) in [5.74, 6) is 2.31. The number of nitrogens with zero attached hydrogens (tertiary/aromatic N) is 3. The summed E-state index contributed by atoms with van der Waals surface area (Å²) < 4.78 is 67.6. The van der Waals surface area contributed by atoms with Crippen molar-refractivity contribution in [3.8, 4) is 11.4 Å². The van der Waals surface area contributed by atoms with Gasteiger partial charge in [-0.05, 0) is 94.4 Å². The van der Waals surface area contributed by atoms with Gasteiger partial charge in [0.1, 0.15) is 5.82 Å². The van der Waals surface area contributed by atoms with Crippen molar-refractivity contribution < 1.29 is 26.9 Å². The van der Waals surface area contributed by atoms with Crippen LogP contribution in [0.1, 0.15) is 69.5 Å². The topological polar surface area (TPSA) is 89.9 Å². The molecular weight excluding hydrogens is 706 g/mol. The smallest absolute Gasteiger partial charge is 0.308 e. The first-order valence-electron chi connectivity index (χ1n) is 17.4. The highest BCUT2D eigenvalue weighted by Gasteiger charge is 2.36. The maximum Gasteiger partial charge on any atom is 0.308 e. The van der Waals surface area contributed by atoms with Crippen LogP contribution in [-0.4, -0.2) is 54.4 Å². The Morgan fingerprint density at radius 3 is 2.63 bits per heavy atom. The number of methoxy groups -OCH3 is 1. The lowest BCUT2D eigenvalue weighted by atomic mass is 9.75. The molecule has 6 rings (SSSR count). The summed E-state index contributed by atoms with van der Waals surface area (Å²) in [5, 5.41) is 5.37. The minimum Gasteiger partial charge on any atom is -0.469 e. The van der Waals surface area contributed by atoms with E-state index in [1.54, 1.807) is 30.1 Å². The van der Waals surface area contributed by atoms with Crippen molar-refractivity contribution in [2.24, 2.45) is 18.4 Å². The molecule has 0 amide bonds. The van der Waals surface area contributed by atoms with Crippen LogP contribution in [0.25, 0.3) is 22.3 Å². The summed E-state index contributed by atoms with van der Waals surface area (Å²) in [4.78, 5) is 20.6. The standard InChI is InChI=1S/C40H45F3N4O3S2/c1-24(37(48)50-6)20-25-10-8-11-26(21-25)40(4)17-9-16-39(2,3)23-52(7,49)19-15-29-28-14-18-44-34(28)32(42)33(43)35(29)51-27-12-13-31(41)30(22-27)36-45-38(40)46-47(36)5/h8,10-14,18,21-22,24,44H,7,9,15-17,19-20,23H2,1-6H3/t24-,40+,52?/m0/s1. The summed E-state index contributed by atoms with van der Waals surface area (Å²) in [6, 6.07) is 14.1. The van der Waals surface area contributed by atoms with Gasteiger partial charge in [-0.15, -0.1) is 0 Å². The number of carbonyl (C=O) groups excluding carboxylic acids is 1. The predicted molar refractivity (Wildman–Crippen MR) is 203 cm³/mol. The van der Waals surface area contributed by atoms with Crippen LogP contribution in [-0.2, 0) is 44.4 Å². The number of halogens is 3. The van der Waals surface area contributed by atoms with Gasteiger partial charge < -0.3 is 9.72 Å². The van der Waals surface area contributed by atoms with Crippen LogP contribution in [0.15, 0.2) is 64.5 Å². The molecule has 12 heteroatoms. The van der Waals surface area contributed by atoms with Crippen molar-refractivity contribution in [1.82, 2.24) is 19.7 Å². The third-order valence-corrected chi connectivity index (χ3v) is 13.6. The maximum atomic E-state index is 15.9. The van der Waals surface area contributed by atoms with E-state index in [1.165, 1.54) is 19.2 Å². The molecule has 5 aromatic rings. The highest BCUT2D eigenvalue weighted by molar-refractivity contribution is 8.00. The Kier molecular flexibility index (Phi) is 10.5.